The first-order chi connectivity index (χ1) is 12.2. The standard InChI is InChI=1S/C18H16F3NO4/c1-11(26-17(24)12-7-9-13(25-2)10-8-12)16(23)22-15-6-4-3-5-14(15)18(19,20)21/h3-11H,1-2H3,(H,22,23)/t11-/m1/s1. The van der Waals surface area contributed by atoms with Gasteiger partial charge in [0.15, 0.2) is 6.10 Å². The van der Waals surface area contributed by atoms with Gasteiger partial charge in [0.2, 0.25) is 0 Å². The third-order valence-electron chi connectivity index (χ3n) is 3.47. The van der Waals surface area contributed by atoms with Crippen LogP contribution >= 0.6 is 0 Å². The van der Waals surface area contributed by atoms with E-state index in [1.807, 2.05) is 0 Å². The van der Waals surface area contributed by atoms with E-state index in [1.165, 1.54) is 38.3 Å². The number of benzene rings is 2. The lowest BCUT2D eigenvalue weighted by Crippen LogP contribution is -2.30. The van der Waals surface area contributed by atoms with Gasteiger partial charge in [0.1, 0.15) is 5.75 Å². The van der Waals surface area contributed by atoms with Gasteiger partial charge in [-0.05, 0) is 43.3 Å². The van der Waals surface area contributed by atoms with Crippen molar-refractivity contribution in [2.75, 3.05) is 12.4 Å². The Balaban J connectivity index is 2.05. The number of amides is 1. The summed E-state index contributed by atoms with van der Waals surface area (Å²) in [5.74, 6) is -1.11. The van der Waals surface area contributed by atoms with Crippen molar-refractivity contribution in [2.45, 2.75) is 19.2 Å². The Morgan fingerprint density at radius 1 is 1.04 bits per heavy atom. The molecule has 0 fully saturated rings. The second-order valence-electron chi connectivity index (χ2n) is 5.31. The second kappa shape index (κ2) is 7.90. The van der Waals surface area contributed by atoms with Crippen molar-refractivity contribution in [3.63, 3.8) is 0 Å². The summed E-state index contributed by atoms with van der Waals surface area (Å²) in [5, 5.41) is 2.14. The van der Waals surface area contributed by atoms with Gasteiger partial charge in [0.05, 0.1) is 23.9 Å². The summed E-state index contributed by atoms with van der Waals surface area (Å²) in [5.41, 5.74) is -1.21. The van der Waals surface area contributed by atoms with Gasteiger partial charge >= 0.3 is 12.1 Å². The molecule has 2 aromatic carbocycles. The summed E-state index contributed by atoms with van der Waals surface area (Å²) in [4.78, 5) is 24.1. The Bertz CT molecular complexity index is 788. The lowest BCUT2D eigenvalue weighted by atomic mass is 10.1. The van der Waals surface area contributed by atoms with Gasteiger partial charge in [-0.2, -0.15) is 13.2 Å². The molecule has 0 aliphatic carbocycles. The van der Waals surface area contributed by atoms with Crippen LogP contribution in [0.5, 0.6) is 5.75 Å². The van der Waals surface area contributed by atoms with Crippen LogP contribution in [0, 0.1) is 0 Å². The van der Waals surface area contributed by atoms with E-state index in [0.717, 1.165) is 12.1 Å². The highest BCUT2D eigenvalue weighted by Gasteiger charge is 2.34. The Labute approximate surface area is 147 Å². The number of hydrogen-bond acceptors (Lipinski definition) is 4. The largest absolute Gasteiger partial charge is 0.497 e. The van der Waals surface area contributed by atoms with E-state index in [9.17, 15) is 22.8 Å². The Morgan fingerprint density at radius 2 is 1.65 bits per heavy atom. The number of carbonyl (C=O) groups is 2. The average molecular weight is 367 g/mol. The van der Waals surface area contributed by atoms with Crippen molar-refractivity contribution >= 4 is 17.6 Å². The van der Waals surface area contributed by atoms with Crippen LogP contribution in [0.4, 0.5) is 18.9 Å². The number of esters is 1. The van der Waals surface area contributed by atoms with Gasteiger partial charge in [0, 0.05) is 0 Å². The van der Waals surface area contributed by atoms with E-state index in [-0.39, 0.29) is 5.56 Å². The minimum atomic E-state index is -4.62. The number of para-hydroxylation sites is 1. The van der Waals surface area contributed by atoms with Gasteiger partial charge in [-0.25, -0.2) is 4.79 Å². The topological polar surface area (TPSA) is 64.6 Å². The third-order valence-corrected chi connectivity index (χ3v) is 3.47. The third kappa shape index (κ3) is 4.75. The number of ether oxygens (including phenoxy) is 2. The summed E-state index contributed by atoms with van der Waals surface area (Å²) in [6.45, 7) is 1.27. The van der Waals surface area contributed by atoms with Gasteiger partial charge in [-0.15, -0.1) is 0 Å². The van der Waals surface area contributed by atoms with E-state index < -0.39 is 35.4 Å². The average Bonchev–Trinajstić information content (AvgIpc) is 2.61. The van der Waals surface area contributed by atoms with Crippen LogP contribution in [0.15, 0.2) is 48.5 Å². The van der Waals surface area contributed by atoms with Gasteiger partial charge < -0.3 is 14.8 Å². The first kappa shape index (κ1) is 19.3. The van der Waals surface area contributed by atoms with Gasteiger partial charge in [-0.1, -0.05) is 12.1 Å². The predicted octanol–water partition coefficient (Wildman–Crippen LogP) is 3.90. The molecule has 0 spiro atoms. The van der Waals surface area contributed by atoms with Crippen molar-refractivity contribution in [1.29, 1.82) is 0 Å². The zero-order valence-corrected chi connectivity index (χ0v) is 14.0. The summed E-state index contributed by atoms with van der Waals surface area (Å²) < 4.78 is 48.8. The highest BCUT2D eigenvalue weighted by molar-refractivity contribution is 5.97. The van der Waals surface area contributed by atoms with E-state index >= 15 is 0 Å². The molecule has 138 valence electrons. The molecule has 1 atom stereocenters. The first-order valence-electron chi connectivity index (χ1n) is 7.54. The van der Waals surface area contributed by atoms with Crippen LogP contribution in [0.1, 0.15) is 22.8 Å². The summed E-state index contributed by atoms with van der Waals surface area (Å²) >= 11 is 0. The number of carbonyl (C=O) groups excluding carboxylic acids is 2. The molecule has 2 aromatic rings. The monoisotopic (exact) mass is 367 g/mol. The fourth-order valence-corrected chi connectivity index (χ4v) is 2.08. The van der Waals surface area contributed by atoms with Crippen molar-refractivity contribution in [1.82, 2.24) is 0 Å². The number of hydrogen-bond donors (Lipinski definition) is 1. The van der Waals surface area contributed by atoms with Crippen LogP contribution in [0.25, 0.3) is 0 Å². The number of nitrogens with one attached hydrogen (secondary N) is 1. The fraction of sp³-hybridized carbons (Fsp3) is 0.222. The molecule has 2 rings (SSSR count). The predicted molar refractivity (Wildman–Crippen MR) is 87.9 cm³/mol. The quantitative estimate of drug-likeness (QED) is 0.814. The molecule has 8 heteroatoms. The Morgan fingerprint density at radius 3 is 2.23 bits per heavy atom. The van der Waals surface area contributed by atoms with E-state index in [1.54, 1.807) is 12.1 Å². The van der Waals surface area contributed by atoms with Crippen molar-refractivity contribution < 1.29 is 32.2 Å². The Hall–Kier alpha value is -3.03. The van der Waals surface area contributed by atoms with Crippen molar-refractivity contribution in [3.8, 4) is 5.75 Å². The number of rotatable bonds is 5. The van der Waals surface area contributed by atoms with Crippen molar-refractivity contribution in [3.05, 3.63) is 59.7 Å². The van der Waals surface area contributed by atoms with Crippen LogP contribution in [0.3, 0.4) is 0 Å². The molecule has 0 aliphatic rings. The van der Waals surface area contributed by atoms with Crippen LogP contribution < -0.4 is 10.1 Å². The maximum absolute atomic E-state index is 12.9. The molecule has 0 aliphatic heterocycles. The lowest BCUT2D eigenvalue weighted by Gasteiger charge is -2.17. The summed E-state index contributed by atoms with van der Waals surface area (Å²) in [7, 11) is 1.47. The fourth-order valence-electron chi connectivity index (χ4n) is 2.08. The molecule has 0 radical (unpaired) electrons. The van der Waals surface area contributed by atoms with E-state index in [4.69, 9.17) is 9.47 Å². The van der Waals surface area contributed by atoms with Crippen molar-refractivity contribution in [2.24, 2.45) is 0 Å². The molecule has 1 amide bonds. The molecule has 0 heterocycles. The number of methoxy groups -OCH3 is 1. The first-order valence-corrected chi connectivity index (χ1v) is 7.54. The minimum Gasteiger partial charge on any atom is -0.497 e. The van der Waals surface area contributed by atoms with E-state index in [0.29, 0.717) is 5.75 Å². The Kier molecular flexibility index (Phi) is 5.86. The number of anilines is 1. The summed E-state index contributed by atoms with van der Waals surface area (Å²) in [6, 6.07) is 10.5. The SMILES string of the molecule is COc1ccc(C(=O)O[C@H](C)C(=O)Nc2ccccc2C(F)(F)F)cc1. The lowest BCUT2D eigenvalue weighted by molar-refractivity contribution is -0.137. The molecule has 0 aromatic heterocycles. The molecule has 0 unspecified atom stereocenters. The minimum absolute atomic E-state index is 0.182. The van der Waals surface area contributed by atoms with Gasteiger partial charge in [-0.3, -0.25) is 4.79 Å². The molecular formula is C18H16F3NO4. The highest BCUT2D eigenvalue weighted by atomic mass is 19.4. The molecule has 5 nitrogen and oxygen atoms in total. The van der Waals surface area contributed by atoms with Crippen LogP contribution in [0.2, 0.25) is 0 Å². The highest BCUT2D eigenvalue weighted by Crippen LogP contribution is 2.34. The molecule has 1 N–H and O–H groups in total. The molecular weight excluding hydrogens is 351 g/mol. The maximum Gasteiger partial charge on any atom is 0.418 e. The summed E-state index contributed by atoms with van der Waals surface area (Å²) in [6.07, 6.45) is -5.90. The van der Waals surface area contributed by atoms with Crippen LogP contribution in [-0.2, 0) is 15.7 Å². The van der Waals surface area contributed by atoms with E-state index in [2.05, 4.69) is 5.32 Å². The second-order valence-corrected chi connectivity index (χ2v) is 5.31. The van der Waals surface area contributed by atoms with Gasteiger partial charge in [0.25, 0.3) is 5.91 Å². The molecule has 0 bridgehead atoms. The smallest absolute Gasteiger partial charge is 0.418 e. The molecule has 0 saturated carbocycles. The zero-order valence-electron chi connectivity index (χ0n) is 14.0. The van der Waals surface area contributed by atoms with Crippen LogP contribution in [-0.4, -0.2) is 25.1 Å². The molecule has 0 saturated heterocycles. The molecule has 26 heavy (non-hydrogen) atoms. The maximum atomic E-state index is 12.9. The number of halogens is 3. The zero-order chi connectivity index (χ0) is 19.3. The number of alkyl halides is 3. The normalized spacial score (nSPS) is 12.2.